The first kappa shape index (κ1) is 9.48. The van der Waals surface area contributed by atoms with Gasteiger partial charge in [0.1, 0.15) is 0 Å². The number of carbonyl (C=O) groups is 1. The van der Waals surface area contributed by atoms with Gasteiger partial charge in [0.25, 0.3) is 0 Å². The molecule has 1 rings (SSSR count). The summed E-state index contributed by atoms with van der Waals surface area (Å²) in [5.41, 5.74) is -0.675. The molecule has 1 aliphatic carbocycles. The predicted molar refractivity (Wildman–Crippen MR) is 41.7 cm³/mol. The molecule has 0 atom stereocenters. The van der Waals surface area contributed by atoms with E-state index in [0.29, 0.717) is 12.8 Å². The minimum absolute atomic E-state index is 0.419. The summed E-state index contributed by atoms with van der Waals surface area (Å²) in [4.78, 5) is 10.7. The van der Waals surface area contributed by atoms with Crippen molar-refractivity contribution in [1.29, 1.82) is 0 Å². The third-order valence-electron chi connectivity index (χ3n) is 2.58. The molecule has 70 valence electrons. The smallest absolute Gasteiger partial charge is 0.309 e. The molecule has 0 saturated heterocycles. The fraction of sp³-hybridized carbons (Fsp3) is 0.875. The lowest BCUT2D eigenvalue weighted by Crippen LogP contribution is -2.56. The van der Waals surface area contributed by atoms with Crippen molar-refractivity contribution in [2.24, 2.45) is 5.41 Å². The molecule has 0 bridgehead atoms. The molecule has 1 aliphatic rings. The van der Waals surface area contributed by atoms with Gasteiger partial charge in [-0.3, -0.25) is 4.79 Å². The molecule has 0 aromatic rings. The number of methoxy groups -OCH3 is 2. The van der Waals surface area contributed by atoms with Crippen molar-refractivity contribution < 1.29 is 19.4 Å². The van der Waals surface area contributed by atoms with Crippen LogP contribution in [-0.2, 0) is 14.3 Å². The Labute approximate surface area is 71.5 Å². The van der Waals surface area contributed by atoms with Crippen molar-refractivity contribution in [3.8, 4) is 0 Å². The molecule has 1 fully saturated rings. The Morgan fingerprint density at radius 1 is 1.33 bits per heavy atom. The molecule has 0 aromatic carbocycles. The summed E-state index contributed by atoms with van der Waals surface area (Å²) in [6, 6.07) is 0. The highest BCUT2D eigenvalue weighted by Crippen LogP contribution is 2.50. The lowest BCUT2D eigenvalue weighted by molar-refractivity contribution is -0.291. The lowest BCUT2D eigenvalue weighted by Gasteiger charge is -2.49. The zero-order valence-electron chi connectivity index (χ0n) is 7.59. The summed E-state index contributed by atoms with van der Waals surface area (Å²) < 4.78 is 10.2. The molecule has 4 nitrogen and oxygen atoms in total. The molecule has 1 N–H and O–H groups in total. The quantitative estimate of drug-likeness (QED) is 0.645. The third kappa shape index (κ3) is 1.21. The van der Waals surface area contributed by atoms with Gasteiger partial charge in [0.2, 0.25) is 0 Å². The molecule has 0 spiro atoms. The Balaban J connectivity index is 2.60. The van der Waals surface area contributed by atoms with Crippen molar-refractivity contribution in [2.75, 3.05) is 14.2 Å². The normalized spacial score (nSPS) is 24.6. The Bertz CT molecular complexity index is 187. The molecule has 12 heavy (non-hydrogen) atoms. The van der Waals surface area contributed by atoms with Gasteiger partial charge in [0.15, 0.2) is 5.79 Å². The summed E-state index contributed by atoms with van der Waals surface area (Å²) in [6.07, 6.45) is 0.838. The van der Waals surface area contributed by atoms with Crippen molar-refractivity contribution in [3.63, 3.8) is 0 Å². The number of rotatable bonds is 3. The maximum atomic E-state index is 10.7. The van der Waals surface area contributed by atoms with Crippen LogP contribution < -0.4 is 0 Å². The Morgan fingerprint density at radius 3 is 2.00 bits per heavy atom. The van der Waals surface area contributed by atoms with Crippen molar-refractivity contribution in [3.05, 3.63) is 0 Å². The van der Waals surface area contributed by atoms with Gasteiger partial charge in [0.05, 0.1) is 5.41 Å². The van der Waals surface area contributed by atoms with E-state index in [4.69, 9.17) is 14.6 Å². The van der Waals surface area contributed by atoms with E-state index in [1.807, 2.05) is 0 Å². The first-order valence-corrected chi connectivity index (χ1v) is 3.82. The summed E-state index contributed by atoms with van der Waals surface area (Å²) >= 11 is 0. The largest absolute Gasteiger partial charge is 0.481 e. The number of ether oxygens (including phenoxy) is 2. The Morgan fingerprint density at radius 2 is 1.75 bits per heavy atom. The number of hydrogen-bond acceptors (Lipinski definition) is 3. The molecule has 1 saturated carbocycles. The van der Waals surface area contributed by atoms with Crippen LogP contribution in [0.25, 0.3) is 0 Å². The van der Waals surface area contributed by atoms with E-state index < -0.39 is 17.2 Å². The average Bonchev–Trinajstić information content (AvgIpc) is 1.98. The summed E-state index contributed by atoms with van der Waals surface area (Å²) in [7, 11) is 3.07. The summed E-state index contributed by atoms with van der Waals surface area (Å²) in [5.74, 6) is -1.44. The molecule has 4 heteroatoms. The van der Waals surface area contributed by atoms with Crippen LogP contribution >= 0.6 is 0 Å². The fourth-order valence-corrected chi connectivity index (χ4v) is 1.66. The van der Waals surface area contributed by atoms with E-state index in [0.717, 1.165) is 0 Å². The van der Waals surface area contributed by atoms with Crippen LogP contribution in [0.15, 0.2) is 0 Å². The third-order valence-corrected chi connectivity index (χ3v) is 2.58. The van der Waals surface area contributed by atoms with Crippen LogP contribution in [-0.4, -0.2) is 31.1 Å². The predicted octanol–water partition coefficient (Wildman–Crippen LogP) is 0.860. The van der Waals surface area contributed by atoms with E-state index in [-0.39, 0.29) is 0 Å². The van der Waals surface area contributed by atoms with Crippen LogP contribution in [0.2, 0.25) is 0 Å². The average molecular weight is 174 g/mol. The van der Waals surface area contributed by atoms with E-state index in [2.05, 4.69) is 0 Å². The minimum atomic E-state index is -0.785. The number of carboxylic acid groups (broad SMARTS) is 1. The molecular formula is C8H14O4. The monoisotopic (exact) mass is 174 g/mol. The van der Waals surface area contributed by atoms with Gasteiger partial charge >= 0.3 is 5.97 Å². The van der Waals surface area contributed by atoms with Gasteiger partial charge in [-0.2, -0.15) is 0 Å². The highest BCUT2D eigenvalue weighted by Gasteiger charge is 2.57. The van der Waals surface area contributed by atoms with Crippen LogP contribution in [0.3, 0.4) is 0 Å². The second kappa shape index (κ2) is 2.71. The van der Waals surface area contributed by atoms with E-state index >= 15 is 0 Å². The highest BCUT2D eigenvalue weighted by atomic mass is 16.7. The SMILES string of the molecule is COC1(OC)CC(C)(C(=O)O)C1. The van der Waals surface area contributed by atoms with Crippen LogP contribution in [0.1, 0.15) is 19.8 Å². The van der Waals surface area contributed by atoms with Gasteiger partial charge in [-0.15, -0.1) is 0 Å². The molecule has 0 aliphatic heterocycles. The van der Waals surface area contributed by atoms with Crippen LogP contribution in [0.5, 0.6) is 0 Å². The van der Waals surface area contributed by atoms with Gasteiger partial charge in [-0.1, -0.05) is 0 Å². The van der Waals surface area contributed by atoms with E-state index in [9.17, 15) is 4.79 Å². The van der Waals surface area contributed by atoms with Gasteiger partial charge in [-0.25, -0.2) is 0 Å². The molecule has 0 radical (unpaired) electrons. The molecule has 0 amide bonds. The number of aliphatic carboxylic acids is 1. The van der Waals surface area contributed by atoms with Gasteiger partial charge in [-0.05, 0) is 6.92 Å². The number of hydrogen-bond donors (Lipinski definition) is 1. The fourth-order valence-electron chi connectivity index (χ4n) is 1.66. The zero-order valence-corrected chi connectivity index (χ0v) is 7.59. The van der Waals surface area contributed by atoms with Crippen molar-refractivity contribution >= 4 is 5.97 Å². The van der Waals surface area contributed by atoms with E-state index in [1.165, 1.54) is 14.2 Å². The van der Waals surface area contributed by atoms with Crippen LogP contribution in [0.4, 0.5) is 0 Å². The van der Waals surface area contributed by atoms with Crippen LogP contribution in [0, 0.1) is 5.41 Å². The Hall–Kier alpha value is -0.610. The standard InChI is InChI=1S/C8H14O4/c1-7(6(9)10)4-8(5-7,11-2)12-3/h4-5H2,1-3H3,(H,9,10). The number of carboxylic acids is 1. The van der Waals surface area contributed by atoms with Crippen molar-refractivity contribution in [2.45, 2.75) is 25.6 Å². The van der Waals surface area contributed by atoms with Crippen molar-refractivity contribution in [1.82, 2.24) is 0 Å². The molecule has 0 heterocycles. The second-order valence-corrected chi connectivity index (χ2v) is 3.54. The van der Waals surface area contributed by atoms with Gasteiger partial charge < -0.3 is 14.6 Å². The zero-order chi connectivity index (χ0) is 9.41. The molecule has 0 aromatic heterocycles. The summed E-state index contributed by atoms with van der Waals surface area (Å²) in [6.45, 7) is 1.70. The molecular weight excluding hydrogens is 160 g/mol. The second-order valence-electron chi connectivity index (χ2n) is 3.54. The molecule has 0 unspecified atom stereocenters. The minimum Gasteiger partial charge on any atom is -0.481 e. The first-order chi connectivity index (χ1) is 5.48. The van der Waals surface area contributed by atoms with E-state index in [1.54, 1.807) is 6.92 Å². The maximum Gasteiger partial charge on any atom is 0.309 e. The highest BCUT2D eigenvalue weighted by molar-refractivity contribution is 5.75. The van der Waals surface area contributed by atoms with Gasteiger partial charge in [0, 0.05) is 27.1 Å². The topological polar surface area (TPSA) is 55.8 Å². The first-order valence-electron chi connectivity index (χ1n) is 3.82. The summed E-state index contributed by atoms with van der Waals surface area (Å²) in [5, 5.41) is 8.80. The maximum absolute atomic E-state index is 10.7. The Kier molecular flexibility index (Phi) is 2.14. The lowest BCUT2D eigenvalue weighted by atomic mass is 9.65.